The summed E-state index contributed by atoms with van der Waals surface area (Å²) >= 11 is 1.92. The molecule has 6 heteroatoms. The molecule has 2 aromatic rings. The highest BCUT2D eigenvalue weighted by Gasteiger charge is 2.17. The van der Waals surface area contributed by atoms with Crippen LogP contribution in [-0.2, 0) is 9.53 Å². The van der Waals surface area contributed by atoms with Gasteiger partial charge in [0, 0.05) is 11.9 Å². The third kappa shape index (κ3) is 3.44. The first-order chi connectivity index (χ1) is 9.61. The van der Waals surface area contributed by atoms with Gasteiger partial charge in [-0.05, 0) is 12.1 Å². The van der Waals surface area contributed by atoms with Crippen molar-refractivity contribution in [2.75, 3.05) is 13.7 Å². The number of carbonyl (C=O) groups is 2. The maximum absolute atomic E-state index is 12.0. The van der Waals surface area contributed by atoms with Crippen LogP contribution in [0, 0.1) is 0 Å². The quantitative estimate of drug-likeness (QED) is 0.497. The van der Waals surface area contributed by atoms with Gasteiger partial charge in [-0.25, -0.2) is 4.98 Å². The number of alkyl halides is 1. The average molecular weight is 384 g/mol. The van der Waals surface area contributed by atoms with Gasteiger partial charge in [0.2, 0.25) is 0 Å². The Bertz CT molecular complexity index is 645. The van der Waals surface area contributed by atoms with Gasteiger partial charge in [-0.3, -0.25) is 9.59 Å². The summed E-state index contributed by atoms with van der Waals surface area (Å²) in [5.74, 6) is -0.668. The van der Waals surface area contributed by atoms with Crippen LogP contribution in [0.15, 0.2) is 36.4 Å². The fourth-order valence-electron chi connectivity index (χ4n) is 1.68. The number of halogens is 1. The van der Waals surface area contributed by atoms with Crippen LogP contribution in [0.2, 0.25) is 0 Å². The van der Waals surface area contributed by atoms with E-state index in [-0.39, 0.29) is 18.4 Å². The second-order valence-corrected chi connectivity index (χ2v) is 5.59. The van der Waals surface area contributed by atoms with E-state index >= 15 is 0 Å². The van der Waals surface area contributed by atoms with Crippen molar-refractivity contribution in [1.82, 2.24) is 10.3 Å². The topological polar surface area (TPSA) is 68.3 Å². The number of ether oxygens (including phenoxy) is 1. The van der Waals surface area contributed by atoms with Gasteiger partial charge >= 0.3 is 5.97 Å². The Morgan fingerprint density at radius 2 is 2.05 bits per heavy atom. The van der Waals surface area contributed by atoms with Crippen LogP contribution < -0.4 is 5.32 Å². The molecule has 1 heterocycles. The standard InChI is InChI=1S/C14H13IN2O3/c1-20-14(19)10(15)8-16-13(18)12-7-6-9-4-2-3-5-11(9)17-12/h2-7,10H,8H2,1H3,(H,16,18). The number of carbonyl (C=O) groups excluding carboxylic acids is 2. The minimum absolute atomic E-state index is 0.209. The van der Waals surface area contributed by atoms with Crippen molar-refractivity contribution in [3.05, 3.63) is 42.1 Å². The molecule has 0 radical (unpaired) electrons. The zero-order valence-corrected chi connectivity index (χ0v) is 13.0. The second-order valence-electron chi connectivity index (χ2n) is 4.09. The predicted molar refractivity (Wildman–Crippen MR) is 83.9 cm³/mol. The van der Waals surface area contributed by atoms with Crippen LogP contribution >= 0.6 is 22.6 Å². The number of hydrogen-bond donors (Lipinski definition) is 1. The first-order valence-corrected chi connectivity index (χ1v) is 7.22. The summed E-state index contributed by atoms with van der Waals surface area (Å²) in [5.41, 5.74) is 1.09. The second kappa shape index (κ2) is 6.65. The number of aromatic nitrogens is 1. The van der Waals surface area contributed by atoms with Crippen LogP contribution in [0.4, 0.5) is 0 Å². The molecule has 1 unspecified atom stereocenters. The number of nitrogens with one attached hydrogen (secondary N) is 1. The Morgan fingerprint density at radius 1 is 1.30 bits per heavy atom. The number of amides is 1. The van der Waals surface area contributed by atoms with Gasteiger partial charge in [0.25, 0.3) is 5.91 Å². The van der Waals surface area contributed by atoms with Gasteiger partial charge in [-0.1, -0.05) is 46.9 Å². The van der Waals surface area contributed by atoms with Crippen LogP contribution in [0.1, 0.15) is 10.5 Å². The van der Waals surface area contributed by atoms with E-state index in [1.165, 1.54) is 7.11 Å². The molecule has 0 aliphatic carbocycles. The average Bonchev–Trinajstić information content (AvgIpc) is 2.50. The van der Waals surface area contributed by atoms with Crippen molar-refractivity contribution in [3.8, 4) is 0 Å². The lowest BCUT2D eigenvalue weighted by Gasteiger charge is -2.09. The first kappa shape index (κ1) is 14.7. The van der Waals surface area contributed by atoms with E-state index in [0.29, 0.717) is 5.69 Å². The fraction of sp³-hybridized carbons (Fsp3) is 0.214. The van der Waals surface area contributed by atoms with Crippen molar-refractivity contribution in [2.24, 2.45) is 0 Å². The zero-order chi connectivity index (χ0) is 14.5. The summed E-state index contributed by atoms with van der Waals surface area (Å²) < 4.78 is 4.18. The number of nitrogens with zero attached hydrogens (tertiary/aromatic N) is 1. The summed E-state index contributed by atoms with van der Waals surface area (Å²) in [5, 5.41) is 3.65. The molecule has 0 bridgehead atoms. The van der Waals surface area contributed by atoms with Crippen LogP contribution in [-0.4, -0.2) is 34.4 Å². The number of fused-ring (bicyclic) bond motifs is 1. The Labute approximate surface area is 129 Å². The number of esters is 1. The Morgan fingerprint density at radius 3 is 2.80 bits per heavy atom. The molecule has 20 heavy (non-hydrogen) atoms. The highest BCUT2D eigenvalue weighted by Crippen LogP contribution is 2.11. The normalized spacial score (nSPS) is 11.9. The van der Waals surface area contributed by atoms with Gasteiger partial charge in [-0.15, -0.1) is 0 Å². The molecule has 1 aromatic heterocycles. The molecule has 0 fully saturated rings. The van der Waals surface area contributed by atoms with Gasteiger partial charge in [0.1, 0.15) is 9.62 Å². The van der Waals surface area contributed by atoms with E-state index in [1.807, 2.05) is 52.9 Å². The van der Waals surface area contributed by atoms with Gasteiger partial charge in [-0.2, -0.15) is 0 Å². The van der Waals surface area contributed by atoms with Crippen LogP contribution in [0.25, 0.3) is 10.9 Å². The number of hydrogen-bond acceptors (Lipinski definition) is 4. The van der Waals surface area contributed by atoms with Gasteiger partial charge < -0.3 is 10.1 Å². The molecule has 0 aliphatic heterocycles. The summed E-state index contributed by atoms with van der Waals surface area (Å²) in [6.45, 7) is 0.209. The predicted octanol–water partition coefficient (Wildman–Crippen LogP) is 1.94. The molecule has 0 saturated carbocycles. The van der Waals surface area contributed by atoms with Crippen molar-refractivity contribution < 1.29 is 14.3 Å². The summed E-state index contributed by atoms with van der Waals surface area (Å²) in [4.78, 5) is 27.5. The maximum Gasteiger partial charge on any atom is 0.320 e. The number of methoxy groups -OCH3 is 1. The largest absolute Gasteiger partial charge is 0.468 e. The SMILES string of the molecule is COC(=O)C(I)CNC(=O)c1ccc2ccccc2n1. The molecule has 0 spiro atoms. The zero-order valence-electron chi connectivity index (χ0n) is 10.8. The number of rotatable bonds is 4. The molecule has 1 atom stereocenters. The van der Waals surface area contributed by atoms with E-state index in [0.717, 1.165) is 10.9 Å². The Kier molecular flexibility index (Phi) is 4.89. The fourth-order valence-corrected chi connectivity index (χ4v) is 2.15. The van der Waals surface area contributed by atoms with E-state index in [1.54, 1.807) is 6.07 Å². The van der Waals surface area contributed by atoms with E-state index in [9.17, 15) is 9.59 Å². The molecular weight excluding hydrogens is 371 g/mol. The Balaban J connectivity index is 2.06. The molecule has 2 rings (SSSR count). The van der Waals surface area contributed by atoms with Crippen molar-refractivity contribution in [1.29, 1.82) is 0 Å². The third-order valence-corrected chi connectivity index (χ3v) is 3.68. The lowest BCUT2D eigenvalue weighted by atomic mass is 10.2. The minimum atomic E-state index is -0.415. The number of para-hydroxylation sites is 1. The van der Waals surface area contributed by atoms with Crippen molar-refractivity contribution in [3.63, 3.8) is 0 Å². The molecule has 104 valence electrons. The molecule has 1 amide bonds. The molecular formula is C14H13IN2O3. The summed E-state index contributed by atoms with van der Waals surface area (Å²) in [6, 6.07) is 11.1. The monoisotopic (exact) mass is 384 g/mol. The van der Waals surface area contributed by atoms with Crippen LogP contribution in [0.3, 0.4) is 0 Å². The molecule has 0 aliphatic rings. The molecule has 1 N–H and O–H groups in total. The molecule has 0 saturated heterocycles. The number of benzene rings is 1. The minimum Gasteiger partial charge on any atom is -0.468 e. The van der Waals surface area contributed by atoms with E-state index in [4.69, 9.17) is 0 Å². The Hall–Kier alpha value is -1.70. The molecule has 5 nitrogen and oxygen atoms in total. The van der Waals surface area contributed by atoms with Gasteiger partial charge in [0.15, 0.2) is 0 Å². The van der Waals surface area contributed by atoms with Gasteiger partial charge in [0.05, 0.1) is 12.6 Å². The summed E-state index contributed by atoms with van der Waals surface area (Å²) in [6.07, 6.45) is 0. The first-order valence-electron chi connectivity index (χ1n) is 5.97. The van der Waals surface area contributed by atoms with Crippen LogP contribution in [0.5, 0.6) is 0 Å². The van der Waals surface area contributed by atoms with Crippen molar-refractivity contribution >= 4 is 45.4 Å². The lowest BCUT2D eigenvalue weighted by molar-refractivity contribution is -0.139. The third-order valence-electron chi connectivity index (χ3n) is 2.73. The van der Waals surface area contributed by atoms with Crippen molar-refractivity contribution in [2.45, 2.75) is 3.92 Å². The van der Waals surface area contributed by atoms with E-state index in [2.05, 4.69) is 15.0 Å². The lowest BCUT2D eigenvalue weighted by Crippen LogP contribution is -2.34. The summed E-state index contributed by atoms with van der Waals surface area (Å²) in [7, 11) is 1.32. The maximum atomic E-state index is 12.0. The highest BCUT2D eigenvalue weighted by molar-refractivity contribution is 14.1. The highest BCUT2D eigenvalue weighted by atomic mass is 127. The van der Waals surface area contributed by atoms with E-state index < -0.39 is 3.92 Å². The number of pyridine rings is 1. The molecule has 1 aromatic carbocycles. The smallest absolute Gasteiger partial charge is 0.320 e.